The van der Waals surface area contributed by atoms with Gasteiger partial charge in [0.15, 0.2) is 5.76 Å². The van der Waals surface area contributed by atoms with Crippen molar-refractivity contribution in [2.75, 3.05) is 0 Å². The Hall–Kier alpha value is -0.880. The van der Waals surface area contributed by atoms with Gasteiger partial charge in [-0.15, -0.1) is 0 Å². The van der Waals surface area contributed by atoms with Crippen LogP contribution in [0.5, 0.6) is 0 Å². The first-order chi connectivity index (χ1) is 5.27. The molecule has 0 aliphatic rings. The lowest BCUT2D eigenvalue weighted by atomic mass is 10.6. The Labute approximate surface area is 63.6 Å². The molecule has 0 bridgehead atoms. The van der Waals surface area contributed by atoms with Crippen LogP contribution in [0.4, 0.5) is 26.3 Å². The fraction of sp³-hybridized carbons (Fsp3) is 0.400. The molecule has 1 nitrogen and oxygen atoms in total. The molecule has 0 N–H and O–H groups in total. The van der Waals surface area contributed by atoms with E-state index < -0.39 is 24.4 Å². The highest BCUT2D eigenvalue weighted by molar-refractivity contribution is 4.91. The fourth-order valence-corrected chi connectivity index (χ4v) is 0.269. The number of rotatable bonds is 3. The highest BCUT2D eigenvalue weighted by Crippen LogP contribution is 2.33. The Balaban J connectivity index is 4.36. The largest absolute Gasteiger partial charge is 0.471 e. The van der Waals surface area contributed by atoms with Crippen molar-refractivity contribution in [1.82, 2.24) is 0 Å². The van der Waals surface area contributed by atoms with E-state index in [1.54, 1.807) is 0 Å². The molecule has 0 unspecified atom stereocenters. The van der Waals surface area contributed by atoms with Crippen LogP contribution in [0, 0.1) is 6.43 Å². The van der Waals surface area contributed by atoms with Crippen LogP contribution in [0.3, 0.4) is 0 Å². The quantitative estimate of drug-likeness (QED) is 0.494. The molecular weight excluding hydrogens is 190 g/mol. The predicted molar refractivity (Wildman–Crippen MR) is 26.4 cm³/mol. The standard InChI is InChI=1S/C5H3F6O/c1-2(3(6)7)12-5(10,11)4(8)9/h1H3. The van der Waals surface area contributed by atoms with Crippen molar-refractivity contribution in [3.05, 3.63) is 18.3 Å². The van der Waals surface area contributed by atoms with Crippen molar-refractivity contribution in [3.63, 3.8) is 0 Å². The normalized spacial score (nSPS) is 11.7. The molecule has 0 spiro atoms. The minimum absolute atomic E-state index is 0.451. The predicted octanol–water partition coefficient (Wildman–Crippen LogP) is 3.15. The maximum Gasteiger partial charge on any atom is 0.471 e. The number of halogens is 6. The van der Waals surface area contributed by atoms with Crippen molar-refractivity contribution in [3.8, 4) is 0 Å². The monoisotopic (exact) mass is 193 g/mol. The summed E-state index contributed by atoms with van der Waals surface area (Å²) in [6.07, 6.45) is -10.9. The van der Waals surface area contributed by atoms with E-state index in [2.05, 4.69) is 4.74 Å². The molecule has 0 aliphatic heterocycles. The highest BCUT2D eigenvalue weighted by Gasteiger charge is 2.46. The molecule has 0 saturated heterocycles. The van der Waals surface area contributed by atoms with Crippen LogP contribution in [0.15, 0.2) is 11.8 Å². The first-order valence-corrected chi connectivity index (χ1v) is 2.54. The molecule has 0 aromatic heterocycles. The van der Waals surface area contributed by atoms with Crippen LogP contribution in [-0.2, 0) is 4.74 Å². The minimum Gasteiger partial charge on any atom is -0.427 e. The summed E-state index contributed by atoms with van der Waals surface area (Å²) in [5.41, 5.74) is 0. The summed E-state index contributed by atoms with van der Waals surface area (Å²) in [5.74, 6) is -1.53. The van der Waals surface area contributed by atoms with Crippen LogP contribution in [-0.4, -0.2) is 6.11 Å². The van der Waals surface area contributed by atoms with Crippen molar-refractivity contribution in [1.29, 1.82) is 0 Å². The van der Waals surface area contributed by atoms with Gasteiger partial charge in [-0.05, 0) is 6.92 Å². The van der Waals surface area contributed by atoms with Gasteiger partial charge in [0.2, 0.25) is 0 Å². The summed E-state index contributed by atoms with van der Waals surface area (Å²) in [5, 5.41) is 0. The molecule has 0 aliphatic carbocycles. The zero-order valence-electron chi connectivity index (χ0n) is 5.68. The molecule has 0 atom stereocenters. The number of hydrogen-bond donors (Lipinski definition) is 0. The van der Waals surface area contributed by atoms with E-state index in [1.165, 1.54) is 0 Å². The Morgan fingerprint density at radius 2 is 1.50 bits per heavy atom. The summed E-state index contributed by atoms with van der Waals surface area (Å²) < 4.78 is 71.7. The maximum absolute atomic E-state index is 11.8. The molecule has 0 saturated carbocycles. The van der Waals surface area contributed by atoms with E-state index in [0.717, 1.165) is 0 Å². The van der Waals surface area contributed by atoms with E-state index in [1.807, 2.05) is 0 Å². The van der Waals surface area contributed by atoms with E-state index in [9.17, 15) is 26.3 Å². The summed E-state index contributed by atoms with van der Waals surface area (Å²) in [6.45, 7) is 0.451. The van der Waals surface area contributed by atoms with E-state index in [4.69, 9.17) is 0 Å². The van der Waals surface area contributed by atoms with Gasteiger partial charge in [0.25, 0.3) is 0 Å². The van der Waals surface area contributed by atoms with Crippen LogP contribution >= 0.6 is 0 Å². The fourth-order valence-electron chi connectivity index (χ4n) is 0.269. The maximum atomic E-state index is 11.8. The lowest BCUT2D eigenvalue weighted by Crippen LogP contribution is -2.23. The van der Waals surface area contributed by atoms with Crippen LogP contribution < -0.4 is 0 Å². The zero-order valence-corrected chi connectivity index (χ0v) is 5.68. The molecule has 0 fully saturated rings. The molecule has 0 heterocycles. The lowest BCUT2D eigenvalue weighted by molar-refractivity contribution is -0.240. The van der Waals surface area contributed by atoms with Gasteiger partial charge in [-0.1, -0.05) is 0 Å². The molecular formula is C5H3F6O. The molecule has 0 amide bonds. The molecule has 0 aromatic rings. The molecule has 0 aromatic carbocycles. The average Bonchev–Trinajstić information content (AvgIpc) is 1.85. The Morgan fingerprint density at radius 1 is 1.08 bits per heavy atom. The summed E-state index contributed by atoms with van der Waals surface area (Å²) in [4.78, 5) is 0. The molecule has 0 rings (SSSR count). The Kier molecular flexibility index (Phi) is 3.41. The third kappa shape index (κ3) is 3.02. The third-order valence-electron chi connectivity index (χ3n) is 0.767. The van der Waals surface area contributed by atoms with Gasteiger partial charge in [-0.3, -0.25) is 0 Å². The van der Waals surface area contributed by atoms with Crippen molar-refractivity contribution in [2.24, 2.45) is 0 Å². The van der Waals surface area contributed by atoms with Gasteiger partial charge in [-0.2, -0.15) is 26.3 Å². The number of alkyl halides is 2. The van der Waals surface area contributed by atoms with Gasteiger partial charge in [-0.25, -0.2) is 0 Å². The average molecular weight is 193 g/mol. The lowest BCUT2D eigenvalue weighted by Gasteiger charge is -2.14. The topological polar surface area (TPSA) is 9.23 Å². The summed E-state index contributed by atoms with van der Waals surface area (Å²) in [6, 6.07) is 0. The number of hydrogen-bond acceptors (Lipinski definition) is 1. The molecule has 12 heavy (non-hydrogen) atoms. The van der Waals surface area contributed by atoms with E-state index in [-0.39, 0.29) is 0 Å². The Morgan fingerprint density at radius 3 is 1.75 bits per heavy atom. The van der Waals surface area contributed by atoms with Crippen molar-refractivity contribution >= 4 is 0 Å². The first-order valence-electron chi connectivity index (χ1n) is 2.54. The van der Waals surface area contributed by atoms with E-state index in [0.29, 0.717) is 6.92 Å². The van der Waals surface area contributed by atoms with Gasteiger partial charge in [0.05, 0.1) is 0 Å². The SMILES string of the molecule is CC(OC(F)(F)[C](F)F)=C(F)F. The smallest absolute Gasteiger partial charge is 0.427 e. The van der Waals surface area contributed by atoms with Crippen LogP contribution in [0.25, 0.3) is 0 Å². The molecule has 7 heteroatoms. The van der Waals surface area contributed by atoms with Gasteiger partial charge in [0, 0.05) is 0 Å². The number of allylic oxidation sites excluding steroid dienone is 1. The number of ether oxygens (including phenoxy) is 1. The summed E-state index contributed by atoms with van der Waals surface area (Å²) in [7, 11) is 0. The second kappa shape index (κ2) is 3.68. The first kappa shape index (κ1) is 11.1. The minimum atomic E-state index is -4.95. The van der Waals surface area contributed by atoms with Crippen LogP contribution in [0.2, 0.25) is 0 Å². The zero-order chi connectivity index (χ0) is 9.94. The van der Waals surface area contributed by atoms with Gasteiger partial charge < -0.3 is 4.74 Å². The second-order valence-electron chi connectivity index (χ2n) is 1.70. The van der Waals surface area contributed by atoms with Gasteiger partial charge >= 0.3 is 18.6 Å². The summed E-state index contributed by atoms with van der Waals surface area (Å²) >= 11 is 0. The van der Waals surface area contributed by atoms with Crippen molar-refractivity contribution in [2.45, 2.75) is 13.0 Å². The Bertz CT molecular complexity index is 182. The van der Waals surface area contributed by atoms with Crippen molar-refractivity contribution < 1.29 is 31.1 Å². The van der Waals surface area contributed by atoms with E-state index >= 15 is 0 Å². The molecule has 71 valence electrons. The van der Waals surface area contributed by atoms with Crippen LogP contribution in [0.1, 0.15) is 6.92 Å². The molecule has 1 radical (unpaired) electrons. The third-order valence-corrected chi connectivity index (χ3v) is 0.767. The highest BCUT2D eigenvalue weighted by atomic mass is 19.3. The second-order valence-corrected chi connectivity index (χ2v) is 1.70. The van der Waals surface area contributed by atoms with Gasteiger partial charge in [0.1, 0.15) is 0 Å².